The molecule has 0 amide bonds. The Morgan fingerprint density at radius 2 is 1.32 bits per heavy atom. The minimum absolute atomic E-state index is 0.475. The lowest BCUT2D eigenvalue weighted by atomic mass is 10.0. The molecule has 0 bridgehead atoms. The maximum absolute atomic E-state index is 10.5. The maximum atomic E-state index is 10.5. The number of aliphatic hydroxyl groups is 1. The van der Waals surface area contributed by atoms with Crippen LogP contribution in [0.1, 0.15) is 29.5 Å². The topological polar surface area (TPSA) is 20.2 Å². The average molecular weight is 311 g/mol. The van der Waals surface area contributed by atoms with Gasteiger partial charge in [-0.15, -0.1) is 0 Å². The summed E-state index contributed by atoms with van der Waals surface area (Å²) in [5, 5.41) is 11.2. The fourth-order valence-electron chi connectivity index (χ4n) is 2.75. The molecular formula is C20H19ClO. The van der Waals surface area contributed by atoms with Crippen LogP contribution in [0, 0.1) is 6.92 Å². The quantitative estimate of drug-likeness (QED) is 0.801. The van der Waals surface area contributed by atoms with Crippen molar-refractivity contribution in [2.45, 2.75) is 25.9 Å². The summed E-state index contributed by atoms with van der Waals surface area (Å²) in [6.45, 7) is 2.08. The molecule has 1 fully saturated rings. The van der Waals surface area contributed by atoms with Crippen LogP contribution >= 0.6 is 11.6 Å². The van der Waals surface area contributed by atoms with E-state index in [-0.39, 0.29) is 0 Å². The number of halogens is 1. The van der Waals surface area contributed by atoms with Gasteiger partial charge in [-0.2, -0.15) is 0 Å². The maximum Gasteiger partial charge on any atom is 0.0967 e. The molecular weight excluding hydrogens is 292 g/mol. The summed E-state index contributed by atoms with van der Waals surface area (Å²) in [4.78, 5) is 0. The van der Waals surface area contributed by atoms with Crippen LogP contribution < -0.4 is 0 Å². The van der Waals surface area contributed by atoms with Gasteiger partial charge in [-0.3, -0.25) is 0 Å². The van der Waals surface area contributed by atoms with Crippen LogP contribution in [0.25, 0.3) is 12.2 Å². The van der Waals surface area contributed by atoms with E-state index in [1.165, 1.54) is 5.56 Å². The number of hydrogen-bond donors (Lipinski definition) is 1. The Morgan fingerprint density at radius 3 is 1.82 bits per heavy atom. The van der Waals surface area contributed by atoms with Gasteiger partial charge in [0, 0.05) is 5.02 Å². The molecule has 1 saturated carbocycles. The number of aryl methyl sites for hydroxylation is 1. The van der Waals surface area contributed by atoms with Crippen LogP contribution in [-0.2, 0) is 0 Å². The molecule has 0 aliphatic heterocycles. The molecule has 1 atom stereocenters. The van der Waals surface area contributed by atoms with E-state index >= 15 is 0 Å². The van der Waals surface area contributed by atoms with Gasteiger partial charge in [-0.1, -0.05) is 65.7 Å². The van der Waals surface area contributed by atoms with Crippen molar-refractivity contribution in [3.8, 4) is 0 Å². The highest BCUT2D eigenvalue weighted by Crippen LogP contribution is 2.33. The molecule has 1 nitrogen and oxygen atoms in total. The van der Waals surface area contributed by atoms with E-state index in [0.717, 1.165) is 40.1 Å². The molecule has 0 saturated heterocycles. The van der Waals surface area contributed by atoms with E-state index < -0.39 is 6.10 Å². The first-order valence-corrected chi connectivity index (χ1v) is 7.91. The molecule has 1 unspecified atom stereocenters. The van der Waals surface area contributed by atoms with E-state index in [0.29, 0.717) is 0 Å². The number of aliphatic hydroxyl groups excluding tert-OH is 1. The zero-order valence-electron chi connectivity index (χ0n) is 12.6. The van der Waals surface area contributed by atoms with Gasteiger partial charge < -0.3 is 5.11 Å². The Morgan fingerprint density at radius 1 is 0.864 bits per heavy atom. The fourth-order valence-corrected chi connectivity index (χ4v) is 2.88. The molecule has 0 heterocycles. The summed E-state index contributed by atoms with van der Waals surface area (Å²) in [5.41, 5.74) is 5.63. The van der Waals surface area contributed by atoms with Gasteiger partial charge in [0.2, 0.25) is 0 Å². The summed E-state index contributed by atoms with van der Waals surface area (Å²) in [6.07, 6.45) is 5.51. The van der Waals surface area contributed by atoms with Gasteiger partial charge in [0.1, 0.15) is 0 Å². The smallest absolute Gasteiger partial charge is 0.0967 e. The van der Waals surface area contributed by atoms with Crippen LogP contribution in [0.5, 0.6) is 0 Å². The van der Waals surface area contributed by atoms with Crippen molar-refractivity contribution in [3.63, 3.8) is 0 Å². The molecule has 1 N–H and O–H groups in total. The van der Waals surface area contributed by atoms with Crippen molar-refractivity contribution in [2.24, 2.45) is 0 Å². The first kappa shape index (κ1) is 15.1. The monoisotopic (exact) mass is 310 g/mol. The highest BCUT2D eigenvalue weighted by atomic mass is 35.5. The van der Waals surface area contributed by atoms with Crippen LogP contribution in [0.15, 0.2) is 59.7 Å². The van der Waals surface area contributed by atoms with Gasteiger partial charge in [-0.05, 0) is 54.2 Å². The van der Waals surface area contributed by atoms with Crippen LogP contribution in [0.2, 0.25) is 5.02 Å². The Kier molecular flexibility index (Phi) is 4.47. The molecule has 0 spiro atoms. The third kappa shape index (κ3) is 3.49. The van der Waals surface area contributed by atoms with Crippen LogP contribution in [0.3, 0.4) is 0 Å². The average Bonchev–Trinajstić information content (AvgIpc) is 2.85. The number of benzene rings is 2. The van der Waals surface area contributed by atoms with E-state index in [2.05, 4.69) is 43.3 Å². The van der Waals surface area contributed by atoms with Gasteiger partial charge >= 0.3 is 0 Å². The normalized spacial score (nSPS) is 21.7. The molecule has 112 valence electrons. The lowest BCUT2D eigenvalue weighted by Gasteiger charge is -2.07. The largest absolute Gasteiger partial charge is 0.384 e. The first-order valence-electron chi connectivity index (χ1n) is 7.53. The van der Waals surface area contributed by atoms with Gasteiger partial charge in [-0.25, -0.2) is 0 Å². The Hall–Kier alpha value is -1.83. The predicted octanol–water partition coefficient (Wildman–Crippen LogP) is 5.27. The van der Waals surface area contributed by atoms with Crippen molar-refractivity contribution in [3.05, 3.63) is 81.4 Å². The van der Waals surface area contributed by atoms with Crippen molar-refractivity contribution in [1.29, 1.82) is 0 Å². The molecule has 22 heavy (non-hydrogen) atoms. The standard InChI is InChI=1S/C20H19ClO/c1-14-2-4-15(5-3-14)12-17-8-9-18(20(17)22)13-16-6-10-19(21)11-7-16/h2-7,10-13,20,22H,8-9H2,1H3/b17-12-,18-13-. The van der Waals surface area contributed by atoms with Crippen LogP contribution in [0.4, 0.5) is 0 Å². The summed E-state index contributed by atoms with van der Waals surface area (Å²) in [5.74, 6) is 0. The Balaban J connectivity index is 1.81. The van der Waals surface area contributed by atoms with E-state index in [4.69, 9.17) is 11.6 Å². The predicted molar refractivity (Wildman–Crippen MR) is 93.8 cm³/mol. The second kappa shape index (κ2) is 6.51. The summed E-state index contributed by atoms with van der Waals surface area (Å²) in [7, 11) is 0. The minimum Gasteiger partial charge on any atom is -0.384 e. The third-order valence-electron chi connectivity index (χ3n) is 4.06. The van der Waals surface area contributed by atoms with E-state index in [1.54, 1.807) is 0 Å². The number of hydrogen-bond acceptors (Lipinski definition) is 1. The van der Waals surface area contributed by atoms with Crippen molar-refractivity contribution in [1.82, 2.24) is 0 Å². The molecule has 1 aliphatic carbocycles. The zero-order valence-corrected chi connectivity index (χ0v) is 13.3. The highest BCUT2D eigenvalue weighted by Gasteiger charge is 2.23. The number of rotatable bonds is 2. The van der Waals surface area contributed by atoms with Gasteiger partial charge in [0.05, 0.1) is 6.10 Å². The second-order valence-electron chi connectivity index (χ2n) is 5.80. The van der Waals surface area contributed by atoms with E-state index in [1.807, 2.05) is 24.3 Å². The first-order chi connectivity index (χ1) is 10.6. The minimum atomic E-state index is -0.475. The summed E-state index contributed by atoms with van der Waals surface area (Å²) in [6, 6.07) is 16.1. The Bertz CT molecular complexity index is 645. The zero-order chi connectivity index (χ0) is 15.5. The summed E-state index contributed by atoms with van der Waals surface area (Å²) < 4.78 is 0. The molecule has 2 aromatic carbocycles. The fraction of sp³-hybridized carbons (Fsp3) is 0.200. The SMILES string of the molecule is Cc1ccc(/C=C2/CC/C(=C/c3ccc(Cl)cc3)C2O)cc1. The molecule has 2 aromatic rings. The molecule has 1 aliphatic rings. The van der Waals surface area contributed by atoms with Crippen molar-refractivity contribution in [2.75, 3.05) is 0 Å². The molecule has 0 radical (unpaired) electrons. The van der Waals surface area contributed by atoms with Gasteiger partial charge in [0.25, 0.3) is 0 Å². The van der Waals surface area contributed by atoms with E-state index in [9.17, 15) is 5.11 Å². The molecule has 0 aromatic heterocycles. The summed E-state index contributed by atoms with van der Waals surface area (Å²) >= 11 is 5.90. The lowest BCUT2D eigenvalue weighted by molar-refractivity contribution is 0.257. The molecule has 3 rings (SSSR count). The van der Waals surface area contributed by atoms with Crippen LogP contribution in [-0.4, -0.2) is 11.2 Å². The third-order valence-corrected chi connectivity index (χ3v) is 4.31. The van der Waals surface area contributed by atoms with Crippen molar-refractivity contribution < 1.29 is 5.11 Å². The highest BCUT2D eigenvalue weighted by molar-refractivity contribution is 6.30. The van der Waals surface area contributed by atoms with Gasteiger partial charge in [0.15, 0.2) is 0 Å². The molecule has 2 heteroatoms. The van der Waals surface area contributed by atoms with Crippen molar-refractivity contribution >= 4 is 23.8 Å². The Labute approximate surface area is 136 Å². The lowest BCUT2D eigenvalue weighted by Crippen LogP contribution is -2.04. The second-order valence-corrected chi connectivity index (χ2v) is 6.24.